The molecule has 5 nitrogen and oxygen atoms in total. The lowest BCUT2D eigenvalue weighted by atomic mass is 10.3. The van der Waals surface area contributed by atoms with Gasteiger partial charge in [0.15, 0.2) is 0 Å². The molecule has 0 spiro atoms. The van der Waals surface area contributed by atoms with Crippen LogP contribution in [0.1, 0.15) is 12.7 Å². The van der Waals surface area contributed by atoms with Crippen molar-refractivity contribution < 1.29 is 4.74 Å². The molecule has 25 heavy (non-hydrogen) atoms. The number of aromatic nitrogens is 2. The smallest absolute Gasteiger partial charge is 0.136 e. The highest BCUT2D eigenvalue weighted by molar-refractivity contribution is 9.10. The van der Waals surface area contributed by atoms with Crippen molar-refractivity contribution in [3.63, 3.8) is 0 Å². The Labute approximate surface area is 155 Å². The van der Waals surface area contributed by atoms with E-state index in [2.05, 4.69) is 36.5 Å². The zero-order valence-electron chi connectivity index (χ0n) is 14.1. The Bertz CT molecular complexity index is 835. The van der Waals surface area contributed by atoms with Gasteiger partial charge in [-0.3, -0.25) is 0 Å². The third-order valence-electron chi connectivity index (χ3n) is 3.39. The average Bonchev–Trinajstić information content (AvgIpc) is 2.58. The lowest BCUT2D eigenvalue weighted by molar-refractivity contribution is 0.340. The molecule has 1 aromatic heterocycles. The molecule has 1 heterocycles. The van der Waals surface area contributed by atoms with Gasteiger partial charge in [0, 0.05) is 21.9 Å². The highest BCUT2D eigenvalue weighted by Crippen LogP contribution is 2.23. The first-order valence-electron chi connectivity index (χ1n) is 8.00. The summed E-state index contributed by atoms with van der Waals surface area (Å²) in [5, 5.41) is 6.59. The molecular weight excluding hydrogens is 380 g/mol. The van der Waals surface area contributed by atoms with Crippen molar-refractivity contribution in [2.75, 3.05) is 17.2 Å². The zero-order chi connectivity index (χ0) is 17.6. The standard InChI is InChI=1S/C19H19BrN4O/c1-3-25-17-10-8-16(9-11-17)24-19-12-18(21-13(2)22-19)23-15-6-4-14(20)5-7-15/h4-12H,3H2,1-2H3,(H2,21,22,23,24). The Hall–Kier alpha value is -2.60. The zero-order valence-corrected chi connectivity index (χ0v) is 15.7. The molecule has 0 aliphatic heterocycles. The van der Waals surface area contributed by atoms with Crippen molar-refractivity contribution in [3.05, 3.63) is 64.9 Å². The first-order valence-corrected chi connectivity index (χ1v) is 8.80. The van der Waals surface area contributed by atoms with E-state index >= 15 is 0 Å². The summed E-state index contributed by atoms with van der Waals surface area (Å²) in [6.07, 6.45) is 0. The molecule has 0 saturated heterocycles. The minimum absolute atomic E-state index is 0.656. The average molecular weight is 399 g/mol. The number of benzene rings is 2. The molecule has 0 aliphatic rings. The van der Waals surface area contributed by atoms with Gasteiger partial charge in [-0.05, 0) is 62.4 Å². The molecule has 0 bridgehead atoms. The van der Waals surface area contributed by atoms with Gasteiger partial charge < -0.3 is 15.4 Å². The topological polar surface area (TPSA) is 59.1 Å². The summed E-state index contributed by atoms with van der Waals surface area (Å²) in [5.74, 6) is 3.01. The maximum atomic E-state index is 5.46. The van der Waals surface area contributed by atoms with Gasteiger partial charge in [-0.1, -0.05) is 15.9 Å². The summed E-state index contributed by atoms with van der Waals surface area (Å²) < 4.78 is 6.49. The second kappa shape index (κ2) is 7.98. The first-order chi connectivity index (χ1) is 12.1. The number of hydrogen-bond acceptors (Lipinski definition) is 5. The fraction of sp³-hybridized carbons (Fsp3) is 0.158. The summed E-state index contributed by atoms with van der Waals surface area (Å²) in [5.41, 5.74) is 1.91. The van der Waals surface area contributed by atoms with Gasteiger partial charge in [0.25, 0.3) is 0 Å². The Balaban J connectivity index is 1.75. The lowest BCUT2D eigenvalue weighted by Gasteiger charge is -2.11. The van der Waals surface area contributed by atoms with Crippen LogP contribution in [0.15, 0.2) is 59.1 Å². The van der Waals surface area contributed by atoms with Crippen molar-refractivity contribution in [2.45, 2.75) is 13.8 Å². The van der Waals surface area contributed by atoms with Gasteiger partial charge in [0.2, 0.25) is 0 Å². The number of hydrogen-bond donors (Lipinski definition) is 2. The highest BCUT2D eigenvalue weighted by atomic mass is 79.9. The van der Waals surface area contributed by atoms with Gasteiger partial charge in [-0.15, -0.1) is 0 Å². The normalized spacial score (nSPS) is 10.4. The fourth-order valence-electron chi connectivity index (χ4n) is 2.33. The second-order valence-electron chi connectivity index (χ2n) is 5.40. The summed E-state index contributed by atoms with van der Waals surface area (Å²) in [6.45, 7) is 4.49. The molecule has 3 aromatic rings. The molecule has 0 radical (unpaired) electrons. The molecular formula is C19H19BrN4O. The number of ether oxygens (including phenoxy) is 1. The number of anilines is 4. The third-order valence-corrected chi connectivity index (χ3v) is 3.92. The molecule has 0 aliphatic carbocycles. The van der Waals surface area contributed by atoms with Gasteiger partial charge >= 0.3 is 0 Å². The Morgan fingerprint density at radius 1 is 0.880 bits per heavy atom. The molecule has 0 unspecified atom stereocenters. The minimum atomic E-state index is 0.656. The molecule has 2 N–H and O–H groups in total. The maximum absolute atomic E-state index is 5.46. The van der Waals surface area contributed by atoms with Crippen LogP contribution in [-0.4, -0.2) is 16.6 Å². The molecule has 0 atom stereocenters. The summed E-state index contributed by atoms with van der Waals surface area (Å²) in [7, 11) is 0. The monoisotopic (exact) mass is 398 g/mol. The Morgan fingerprint density at radius 2 is 1.40 bits per heavy atom. The molecule has 128 valence electrons. The van der Waals surface area contributed by atoms with Crippen molar-refractivity contribution in [3.8, 4) is 5.75 Å². The summed E-state index contributed by atoms with van der Waals surface area (Å²) >= 11 is 3.43. The quantitative estimate of drug-likeness (QED) is 0.579. The van der Waals surface area contributed by atoms with E-state index in [4.69, 9.17) is 4.74 Å². The second-order valence-corrected chi connectivity index (χ2v) is 6.32. The fourth-order valence-corrected chi connectivity index (χ4v) is 2.59. The van der Waals surface area contributed by atoms with E-state index in [0.717, 1.165) is 33.2 Å². The predicted molar refractivity (Wildman–Crippen MR) is 105 cm³/mol. The first kappa shape index (κ1) is 17.2. The van der Waals surface area contributed by atoms with Crippen LogP contribution in [0.2, 0.25) is 0 Å². The van der Waals surface area contributed by atoms with E-state index in [0.29, 0.717) is 12.4 Å². The van der Waals surface area contributed by atoms with Gasteiger partial charge in [0.05, 0.1) is 6.61 Å². The minimum Gasteiger partial charge on any atom is -0.494 e. The Morgan fingerprint density at radius 3 is 1.92 bits per heavy atom. The van der Waals surface area contributed by atoms with Crippen molar-refractivity contribution in [2.24, 2.45) is 0 Å². The van der Waals surface area contributed by atoms with E-state index < -0.39 is 0 Å². The van der Waals surface area contributed by atoms with Crippen LogP contribution in [0.3, 0.4) is 0 Å². The van der Waals surface area contributed by atoms with E-state index in [-0.39, 0.29) is 0 Å². The van der Waals surface area contributed by atoms with Gasteiger partial charge in [0.1, 0.15) is 23.2 Å². The summed E-state index contributed by atoms with van der Waals surface area (Å²) in [6, 6.07) is 17.6. The van der Waals surface area contributed by atoms with E-state index in [1.54, 1.807) is 0 Å². The molecule has 3 rings (SSSR count). The van der Waals surface area contributed by atoms with Crippen LogP contribution in [0.4, 0.5) is 23.0 Å². The predicted octanol–water partition coefficient (Wildman–Crippen LogP) is 5.43. The Kier molecular flexibility index (Phi) is 5.50. The molecule has 0 saturated carbocycles. The van der Waals surface area contributed by atoms with Crippen LogP contribution in [0.5, 0.6) is 5.75 Å². The van der Waals surface area contributed by atoms with Crippen molar-refractivity contribution in [1.82, 2.24) is 9.97 Å². The van der Waals surface area contributed by atoms with E-state index in [1.807, 2.05) is 68.4 Å². The lowest BCUT2D eigenvalue weighted by Crippen LogP contribution is -2.01. The van der Waals surface area contributed by atoms with E-state index in [9.17, 15) is 0 Å². The highest BCUT2D eigenvalue weighted by Gasteiger charge is 2.04. The van der Waals surface area contributed by atoms with Crippen LogP contribution >= 0.6 is 15.9 Å². The van der Waals surface area contributed by atoms with Crippen LogP contribution < -0.4 is 15.4 Å². The van der Waals surface area contributed by atoms with Crippen LogP contribution in [0.25, 0.3) is 0 Å². The number of halogens is 1. The van der Waals surface area contributed by atoms with Crippen molar-refractivity contribution >= 4 is 38.9 Å². The van der Waals surface area contributed by atoms with Crippen LogP contribution in [0, 0.1) is 6.92 Å². The van der Waals surface area contributed by atoms with Crippen LogP contribution in [-0.2, 0) is 0 Å². The van der Waals surface area contributed by atoms with Gasteiger partial charge in [-0.25, -0.2) is 9.97 Å². The van der Waals surface area contributed by atoms with E-state index in [1.165, 1.54) is 0 Å². The third kappa shape index (κ3) is 4.93. The molecule has 0 fully saturated rings. The SMILES string of the molecule is CCOc1ccc(Nc2cc(Nc3ccc(Br)cc3)nc(C)n2)cc1. The number of nitrogens with zero attached hydrogens (tertiary/aromatic N) is 2. The largest absolute Gasteiger partial charge is 0.494 e. The maximum Gasteiger partial charge on any atom is 0.136 e. The number of aryl methyl sites for hydroxylation is 1. The molecule has 6 heteroatoms. The summed E-state index contributed by atoms with van der Waals surface area (Å²) in [4.78, 5) is 8.88. The number of rotatable bonds is 6. The molecule has 0 amide bonds. The van der Waals surface area contributed by atoms with Crippen molar-refractivity contribution in [1.29, 1.82) is 0 Å². The number of nitrogens with one attached hydrogen (secondary N) is 2. The molecule has 2 aromatic carbocycles. The van der Waals surface area contributed by atoms with Gasteiger partial charge in [-0.2, -0.15) is 0 Å².